The van der Waals surface area contributed by atoms with Crippen molar-refractivity contribution in [1.29, 1.82) is 0 Å². The van der Waals surface area contributed by atoms with Crippen molar-refractivity contribution in [2.45, 2.75) is 46.1 Å². The lowest BCUT2D eigenvalue weighted by Crippen LogP contribution is -2.10. The van der Waals surface area contributed by atoms with Crippen LogP contribution in [0.5, 0.6) is 11.6 Å². The van der Waals surface area contributed by atoms with Gasteiger partial charge in [0.25, 0.3) is 0 Å². The first-order valence-corrected chi connectivity index (χ1v) is 7.40. The maximum absolute atomic E-state index is 5.86. The minimum Gasteiger partial charge on any atom is -0.439 e. The smallest absolute Gasteiger partial charge is 0.219 e. The van der Waals surface area contributed by atoms with Gasteiger partial charge in [-0.3, -0.25) is 0 Å². The monoisotopic (exact) mass is 284 g/mol. The molecule has 1 aromatic heterocycles. The standard InChI is InChI=1S/C18H24N2O/c1-5-15-10-13(12-19)11-17(20-15)21-16-8-6-14(7-9-16)18(2,3)4/h6-11H,5,12,19H2,1-4H3. The molecule has 21 heavy (non-hydrogen) atoms. The summed E-state index contributed by atoms with van der Waals surface area (Å²) in [7, 11) is 0. The Bertz CT molecular complexity index is 575. The van der Waals surface area contributed by atoms with E-state index in [4.69, 9.17) is 10.5 Å². The SMILES string of the molecule is CCc1cc(CN)cc(Oc2ccc(C(C)(C)C)cc2)n1. The number of aromatic nitrogens is 1. The second-order valence-electron chi connectivity index (χ2n) is 6.24. The van der Waals surface area contributed by atoms with Crippen molar-refractivity contribution in [1.82, 2.24) is 4.98 Å². The molecule has 0 aliphatic heterocycles. The summed E-state index contributed by atoms with van der Waals surface area (Å²) in [5.41, 5.74) is 9.19. The van der Waals surface area contributed by atoms with Gasteiger partial charge in [-0.15, -0.1) is 0 Å². The highest BCUT2D eigenvalue weighted by Crippen LogP contribution is 2.26. The summed E-state index contributed by atoms with van der Waals surface area (Å²) >= 11 is 0. The summed E-state index contributed by atoms with van der Waals surface area (Å²) in [6.07, 6.45) is 0.868. The molecule has 1 aromatic carbocycles. The molecule has 0 aliphatic carbocycles. The van der Waals surface area contributed by atoms with Gasteiger partial charge in [0.15, 0.2) is 0 Å². The number of ether oxygens (including phenoxy) is 1. The first-order chi connectivity index (χ1) is 9.92. The Morgan fingerprint density at radius 1 is 1.10 bits per heavy atom. The van der Waals surface area contributed by atoms with E-state index in [2.05, 4.69) is 44.8 Å². The number of pyridine rings is 1. The Kier molecular flexibility index (Phi) is 4.63. The topological polar surface area (TPSA) is 48.1 Å². The largest absolute Gasteiger partial charge is 0.439 e. The summed E-state index contributed by atoms with van der Waals surface area (Å²) in [6.45, 7) is 9.16. The van der Waals surface area contributed by atoms with Crippen LogP contribution in [-0.2, 0) is 18.4 Å². The molecule has 3 nitrogen and oxygen atoms in total. The quantitative estimate of drug-likeness (QED) is 0.915. The Labute approximate surface area is 127 Å². The van der Waals surface area contributed by atoms with Crippen LogP contribution < -0.4 is 10.5 Å². The van der Waals surface area contributed by atoms with Crippen molar-refractivity contribution in [3.8, 4) is 11.6 Å². The molecular formula is C18H24N2O. The molecule has 0 fully saturated rings. The molecule has 0 amide bonds. The van der Waals surface area contributed by atoms with E-state index in [-0.39, 0.29) is 5.41 Å². The number of nitrogens with zero attached hydrogens (tertiary/aromatic N) is 1. The maximum Gasteiger partial charge on any atom is 0.219 e. The van der Waals surface area contributed by atoms with Gasteiger partial charge in [0.2, 0.25) is 5.88 Å². The zero-order valence-corrected chi connectivity index (χ0v) is 13.3. The summed E-state index contributed by atoms with van der Waals surface area (Å²) in [5.74, 6) is 1.41. The molecule has 3 heteroatoms. The minimum absolute atomic E-state index is 0.144. The van der Waals surface area contributed by atoms with Crippen LogP contribution in [0.15, 0.2) is 36.4 Å². The van der Waals surface area contributed by atoms with Crippen molar-refractivity contribution in [3.05, 3.63) is 53.2 Å². The molecule has 0 spiro atoms. The van der Waals surface area contributed by atoms with E-state index in [1.807, 2.05) is 24.3 Å². The van der Waals surface area contributed by atoms with Crippen molar-refractivity contribution >= 4 is 0 Å². The van der Waals surface area contributed by atoms with Crippen LogP contribution in [0.3, 0.4) is 0 Å². The molecule has 0 unspecified atom stereocenters. The first kappa shape index (κ1) is 15.5. The van der Waals surface area contributed by atoms with Crippen LogP contribution in [0.4, 0.5) is 0 Å². The van der Waals surface area contributed by atoms with Crippen LogP contribution in [0.2, 0.25) is 0 Å². The zero-order chi connectivity index (χ0) is 15.5. The lowest BCUT2D eigenvalue weighted by molar-refractivity contribution is 0.459. The Balaban J connectivity index is 2.22. The summed E-state index contributed by atoms with van der Waals surface area (Å²) in [5, 5.41) is 0. The van der Waals surface area contributed by atoms with Crippen molar-refractivity contribution < 1.29 is 4.74 Å². The van der Waals surface area contributed by atoms with Gasteiger partial charge in [-0.05, 0) is 41.2 Å². The van der Waals surface area contributed by atoms with Gasteiger partial charge in [0, 0.05) is 18.3 Å². The Hall–Kier alpha value is -1.87. The maximum atomic E-state index is 5.86. The Morgan fingerprint density at radius 2 is 1.76 bits per heavy atom. The van der Waals surface area contributed by atoms with Crippen LogP contribution in [-0.4, -0.2) is 4.98 Å². The number of hydrogen-bond donors (Lipinski definition) is 1. The van der Waals surface area contributed by atoms with E-state index >= 15 is 0 Å². The van der Waals surface area contributed by atoms with Crippen LogP contribution in [0.25, 0.3) is 0 Å². The second-order valence-corrected chi connectivity index (χ2v) is 6.24. The zero-order valence-electron chi connectivity index (χ0n) is 13.3. The predicted molar refractivity (Wildman–Crippen MR) is 86.7 cm³/mol. The lowest BCUT2D eigenvalue weighted by atomic mass is 9.87. The molecule has 0 atom stereocenters. The third-order valence-electron chi connectivity index (χ3n) is 3.46. The molecule has 0 saturated carbocycles. The molecule has 2 N–H and O–H groups in total. The molecular weight excluding hydrogens is 260 g/mol. The van der Waals surface area contributed by atoms with E-state index < -0.39 is 0 Å². The fraction of sp³-hybridized carbons (Fsp3) is 0.389. The third-order valence-corrected chi connectivity index (χ3v) is 3.46. The molecule has 1 heterocycles. The predicted octanol–water partition coefficient (Wildman–Crippen LogP) is 4.19. The highest BCUT2D eigenvalue weighted by Gasteiger charge is 2.13. The van der Waals surface area contributed by atoms with Crippen LogP contribution >= 0.6 is 0 Å². The van der Waals surface area contributed by atoms with E-state index in [0.717, 1.165) is 23.4 Å². The average molecular weight is 284 g/mol. The summed E-state index contributed by atoms with van der Waals surface area (Å²) < 4.78 is 5.86. The minimum atomic E-state index is 0.144. The van der Waals surface area contributed by atoms with Crippen molar-refractivity contribution in [3.63, 3.8) is 0 Å². The van der Waals surface area contributed by atoms with Crippen molar-refractivity contribution in [2.24, 2.45) is 5.73 Å². The molecule has 2 aromatic rings. The molecule has 112 valence electrons. The molecule has 0 radical (unpaired) electrons. The molecule has 0 saturated heterocycles. The third kappa shape index (κ3) is 4.05. The van der Waals surface area contributed by atoms with Crippen LogP contribution in [0.1, 0.15) is 44.5 Å². The highest BCUT2D eigenvalue weighted by atomic mass is 16.5. The van der Waals surface area contributed by atoms with E-state index in [1.165, 1.54) is 5.56 Å². The average Bonchev–Trinajstić information content (AvgIpc) is 2.46. The number of hydrogen-bond acceptors (Lipinski definition) is 3. The fourth-order valence-electron chi connectivity index (χ4n) is 2.12. The fourth-order valence-corrected chi connectivity index (χ4v) is 2.12. The van der Waals surface area contributed by atoms with E-state index in [0.29, 0.717) is 12.4 Å². The van der Waals surface area contributed by atoms with E-state index in [1.54, 1.807) is 0 Å². The molecule has 0 bridgehead atoms. The van der Waals surface area contributed by atoms with Gasteiger partial charge < -0.3 is 10.5 Å². The molecule has 2 rings (SSSR count). The van der Waals surface area contributed by atoms with Gasteiger partial charge in [-0.1, -0.05) is 39.8 Å². The number of rotatable bonds is 4. The van der Waals surface area contributed by atoms with Gasteiger partial charge in [0.05, 0.1) is 0 Å². The Morgan fingerprint density at radius 3 is 2.29 bits per heavy atom. The lowest BCUT2D eigenvalue weighted by Gasteiger charge is -2.19. The van der Waals surface area contributed by atoms with Gasteiger partial charge in [-0.2, -0.15) is 0 Å². The van der Waals surface area contributed by atoms with Gasteiger partial charge in [-0.25, -0.2) is 4.98 Å². The molecule has 0 aliphatic rings. The second kappa shape index (κ2) is 6.27. The number of aryl methyl sites for hydroxylation is 1. The first-order valence-electron chi connectivity index (χ1n) is 7.40. The number of nitrogens with two attached hydrogens (primary N) is 1. The highest BCUT2D eigenvalue weighted by molar-refractivity contribution is 5.34. The normalized spacial score (nSPS) is 11.5. The van der Waals surface area contributed by atoms with Crippen molar-refractivity contribution in [2.75, 3.05) is 0 Å². The summed E-state index contributed by atoms with van der Waals surface area (Å²) in [6, 6.07) is 12.1. The number of benzene rings is 1. The van der Waals surface area contributed by atoms with E-state index in [9.17, 15) is 0 Å². The van der Waals surface area contributed by atoms with Crippen LogP contribution in [0, 0.1) is 0 Å². The van der Waals surface area contributed by atoms with Gasteiger partial charge >= 0.3 is 0 Å². The van der Waals surface area contributed by atoms with Gasteiger partial charge in [0.1, 0.15) is 5.75 Å². The summed E-state index contributed by atoms with van der Waals surface area (Å²) in [4.78, 5) is 4.49.